The van der Waals surface area contributed by atoms with Gasteiger partial charge in [-0.15, -0.1) is 0 Å². The normalized spacial score (nSPS) is 10.7. The topological polar surface area (TPSA) is 91.4 Å². The molecule has 0 spiro atoms. The molecule has 0 atom stereocenters. The van der Waals surface area contributed by atoms with E-state index in [2.05, 4.69) is 15.0 Å². The van der Waals surface area contributed by atoms with Gasteiger partial charge in [0.2, 0.25) is 0 Å². The fourth-order valence-corrected chi connectivity index (χ4v) is 2.80. The monoisotopic (exact) mass is 329 g/mol. The minimum absolute atomic E-state index is 0.315. The van der Waals surface area contributed by atoms with Crippen LogP contribution in [0.3, 0.4) is 0 Å². The Balaban J connectivity index is 2.04. The van der Waals surface area contributed by atoms with E-state index in [1.807, 2.05) is 18.2 Å². The number of hydrogen-bond donors (Lipinski definition) is 2. The van der Waals surface area contributed by atoms with Gasteiger partial charge in [0.15, 0.2) is 0 Å². The summed E-state index contributed by atoms with van der Waals surface area (Å²) in [5.41, 5.74) is 10.6. The number of halogens is 1. The Morgan fingerprint density at radius 1 is 1.00 bits per heavy atom. The Morgan fingerprint density at radius 2 is 1.76 bits per heavy atom. The number of benzene rings is 1. The van der Waals surface area contributed by atoms with Crippen molar-refractivity contribution in [1.82, 2.24) is 15.0 Å². The summed E-state index contributed by atoms with van der Waals surface area (Å²) in [6, 6.07) is 15.2. The number of aromatic amines is 1. The van der Waals surface area contributed by atoms with Crippen molar-refractivity contribution in [2.45, 2.75) is 0 Å². The standard InChI is InChI=1S/C19H12FN5/c20-13-4-1-11(2-5-13)17-18(12-3-8-16(22)23-10-12)25-15-7-6-14(9-21)24-19(15)17/h1-8,10,25H,(H2,22,23). The van der Waals surface area contributed by atoms with Gasteiger partial charge in [0, 0.05) is 17.3 Å². The average molecular weight is 329 g/mol. The van der Waals surface area contributed by atoms with Gasteiger partial charge in [-0.2, -0.15) is 5.26 Å². The average Bonchev–Trinajstić information content (AvgIpc) is 3.01. The second-order valence-corrected chi connectivity index (χ2v) is 5.56. The number of nitrogen functional groups attached to an aromatic ring is 1. The summed E-state index contributed by atoms with van der Waals surface area (Å²) in [4.78, 5) is 11.9. The van der Waals surface area contributed by atoms with Gasteiger partial charge >= 0.3 is 0 Å². The number of aromatic nitrogens is 3. The van der Waals surface area contributed by atoms with Crippen molar-refractivity contribution in [3.8, 4) is 28.5 Å². The third kappa shape index (κ3) is 2.58. The molecule has 0 radical (unpaired) electrons. The highest BCUT2D eigenvalue weighted by Gasteiger charge is 2.17. The highest BCUT2D eigenvalue weighted by Crippen LogP contribution is 2.37. The van der Waals surface area contributed by atoms with Crippen LogP contribution in [0.5, 0.6) is 0 Å². The van der Waals surface area contributed by atoms with Crippen LogP contribution in [-0.4, -0.2) is 15.0 Å². The number of anilines is 1. The summed E-state index contributed by atoms with van der Waals surface area (Å²) >= 11 is 0. The van der Waals surface area contributed by atoms with Crippen molar-refractivity contribution in [2.75, 3.05) is 5.73 Å². The lowest BCUT2D eigenvalue weighted by Gasteiger charge is -2.05. The van der Waals surface area contributed by atoms with Crippen molar-refractivity contribution in [3.05, 3.63) is 66.2 Å². The Hall–Kier alpha value is -3.72. The van der Waals surface area contributed by atoms with Crippen molar-refractivity contribution in [1.29, 1.82) is 5.26 Å². The third-order valence-corrected chi connectivity index (χ3v) is 3.96. The zero-order valence-corrected chi connectivity index (χ0v) is 13.0. The first-order chi connectivity index (χ1) is 12.2. The number of hydrogen-bond acceptors (Lipinski definition) is 4. The summed E-state index contributed by atoms with van der Waals surface area (Å²) in [5.74, 6) is 0.109. The SMILES string of the molecule is N#Cc1ccc2[nH]c(-c3ccc(N)nc3)c(-c3ccc(F)cc3)c2n1. The Kier molecular flexibility index (Phi) is 3.40. The molecule has 4 aromatic rings. The zero-order chi connectivity index (χ0) is 17.4. The Labute approximate surface area is 142 Å². The Bertz CT molecular complexity index is 1110. The van der Waals surface area contributed by atoms with Crippen molar-refractivity contribution >= 4 is 16.9 Å². The van der Waals surface area contributed by atoms with Gasteiger partial charge in [-0.25, -0.2) is 14.4 Å². The molecule has 0 saturated carbocycles. The molecular weight excluding hydrogens is 317 g/mol. The van der Waals surface area contributed by atoms with Crippen LogP contribution in [-0.2, 0) is 0 Å². The lowest BCUT2D eigenvalue weighted by atomic mass is 10.0. The van der Waals surface area contributed by atoms with E-state index in [1.165, 1.54) is 12.1 Å². The van der Waals surface area contributed by atoms with E-state index in [1.54, 1.807) is 30.5 Å². The van der Waals surface area contributed by atoms with E-state index < -0.39 is 0 Å². The van der Waals surface area contributed by atoms with Crippen molar-refractivity contribution < 1.29 is 4.39 Å². The first-order valence-corrected chi connectivity index (χ1v) is 7.56. The minimum atomic E-state index is -0.315. The van der Waals surface area contributed by atoms with E-state index in [0.29, 0.717) is 17.0 Å². The first-order valence-electron chi connectivity index (χ1n) is 7.56. The quantitative estimate of drug-likeness (QED) is 0.584. The van der Waals surface area contributed by atoms with Gasteiger partial charge in [-0.1, -0.05) is 12.1 Å². The van der Waals surface area contributed by atoms with Crippen LogP contribution < -0.4 is 5.73 Å². The predicted molar refractivity (Wildman–Crippen MR) is 93.8 cm³/mol. The van der Waals surface area contributed by atoms with Gasteiger partial charge in [-0.05, 0) is 42.0 Å². The zero-order valence-electron chi connectivity index (χ0n) is 13.0. The number of fused-ring (bicyclic) bond motifs is 1. The third-order valence-electron chi connectivity index (χ3n) is 3.96. The molecule has 0 saturated heterocycles. The molecule has 0 aliphatic heterocycles. The molecule has 6 heteroatoms. The highest BCUT2D eigenvalue weighted by molar-refractivity contribution is 6.01. The number of nitrogens with one attached hydrogen (secondary N) is 1. The molecule has 3 N–H and O–H groups in total. The number of nitriles is 1. The molecule has 0 aliphatic rings. The number of nitrogens with two attached hydrogens (primary N) is 1. The molecule has 5 nitrogen and oxygen atoms in total. The van der Waals surface area contributed by atoms with Crippen LogP contribution in [0.2, 0.25) is 0 Å². The van der Waals surface area contributed by atoms with Crippen molar-refractivity contribution in [2.24, 2.45) is 0 Å². The number of nitrogens with zero attached hydrogens (tertiary/aromatic N) is 3. The largest absolute Gasteiger partial charge is 0.384 e. The number of H-pyrrole nitrogens is 1. The van der Waals surface area contributed by atoms with Gasteiger partial charge in [0.25, 0.3) is 0 Å². The van der Waals surface area contributed by atoms with Crippen LogP contribution in [0.15, 0.2) is 54.7 Å². The smallest absolute Gasteiger partial charge is 0.141 e. The van der Waals surface area contributed by atoms with Crippen LogP contribution >= 0.6 is 0 Å². The molecule has 25 heavy (non-hydrogen) atoms. The summed E-state index contributed by atoms with van der Waals surface area (Å²) in [6.45, 7) is 0. The maximum atomic E-state index is 13.3. The number of pyridine rings is 2. The summed E-state index contributed by atoms with van der Waals surface area (Å²) in [7, 11) is 0. The molecule has 1 aromatic carbocycles. The molecule has 4 rings (SSSR count). The summed E-state index contributed by atoms with van der Waals surface area (Å²) < 4.78 is 13.3. The summed E-state index contributed by atoms with van der Waals surface area (Å²) in [6.07, 6.45) is 1.66. The Morgan fingerprint density at radius 3 is 2.44 bits per heavy atom. The minimum Gasteiger partial charge on any atom is -0.384 e. The second kappa shape index (κ2) is 5.73. The predicted octanol–water partition coefficient (Wildman–Crippen LogP) is 3.88. The number of rotatable bonds is 2. The molecular formula is C19H12FN5. The van der Waals surface area contributed by atoms with E-state index in [0.717, 1.165) is 27.9 Å². The molecule has 0 bridgehead atoms. The fraction of sp³-hybridized carbons (Fsp3) is 0. The molecule has 3 aromatic heterocycles. The van der Waals surface area contributed by atoms with E-state index in [4.69, 9.17) is 11.0 Å². The highest BCUT2D eigenvalue weighted by atomic mass is 19.1. The van der Waals surface area contributed by atoms with Crippen LogP contribution in [0.1, 0.15) is 5.69 Å². The lowest BCUT2D eigenvalue weighted by Crippen LogP contribution is -1.90. The van der Waals surface area contributed by atoms with E-state index >= 15 is 0 Å². The molecule has 0 fully saturated rings. The second-order valence-electron chi connectivity index (χ2n) is 5.56. The first kappa shape index (κ1) is 14.8. The maximum Gasteiger partial charge on any atom is 0.141 e. The summed E-state index contributed by atoms with van der Waals surface area (Å²) in [5, 5.41) is 9.15. The molecule has 0 unspecified atom stereocenters. The van der Waals surface area contributed by atoms with Gasteiger partial charge in [0.1, 0.15) is 23.4 Å². The van der Waals surface area contributed by atoms with Gasteiger partial charge in [-0.3, -0.25) is 0 Å². The molecule has 3 heterocycles. The van der Waals surface area contributed by atoms with Crippen LogP contribution in [0.25, 0.3) is 33.4 Å². The molecule has 120 valence electrons. The van der Waals surface area contributed by atoms with Gasteiger partial charge < -0.3 is 10.7 Å². The van der Waals surface area contributed by atoms with Crippen LogP contribution in [0, 0.1) is 17.1 Å². The van der Waals surface area contributed by atoms with Crippen molar-refractivity contribution in [3.63, 3.8) is 0 Å². The lowest BCUT2D eigenvalue weighted by molar-refractivity contribution is 0.628. The molecule has 0 amide bonds. The van der Waals surface area contributed by atoms with Gasteiger partial charge in [0.05, 0.1) is 16.7 Å². The van der Waals surface area contributed by atoms with E-state index in [-0.39, 0.29) is 5.82 Å². The van der Waals surface area contributed by atoms with E-state index in [9.17, 15) is 4.39 Å². The maximum absolute atomic E-state index is 13.3. The fourth-order valence-electron chi connectivity index (χ4n) is 2.80. The van der Waals surface area contributed by atoms with Crippen LogP contribution in [0.4, 0.5) is 10.2 Å². The molecule has 0 aliphatic carbocycles.